The van der Waals surface area contributed by atoms with Crippen molar-refractivity contribution in [3.05, 3.63) is 64.8 Å². The van der Waals surface area contributed by atoms with Crippen molar-refractivity contribution in [1.82, 2.24) is 9.78 Å². The molecule has 3 aromatic rings. The van der Waals surface area contributed by atoms with Crippen molar-refractivity contribution >= 4 is 11.6 Å². The van der Waals surface area contributed by atoms with Crippen LogP contribution >= 0.6 is 11.6 Å². The second kappa shape index (κ2) is 7.75. The molecule has 4 nitrogen and oxygen atoms in total. The van der Waals surface area contributed by atoms with Crippen LogP contribution in [0.1, 0.15) is 24.6 Å². The minimum Gasteiger partial charge on any atom is -0.494 e. The van der Waals surface area contributed by atoms with Gasteiger partial charge in [-0.15, -0.1) is 0 Å². The number of methoxy groups -OCH3 is 1. The normalized spacial score (nSPS) is 15.7. The SMILES string of the molecule is CCCO[C@@H]1Cc2nn(-c3ccccc3OC)c(-c3ccc(Cl)cc3)c2C1. The van der Waals surface area contributed by atoms with Crippen LogP contribution in [0, 0.1) is 0 Å². The lowest BCUT2D eigenvalue weighted by Gasteiger charge is -2.15. The number of nitrogens with zero attached hydrogens (tertiary/aromatic N) is 2. The van der Waals surface area contributed by atoms with Gasteiger partial charge < -0.3 is 9.47 Å². The maximum atomic E-state index is 6.11. The van der Waals surface area contributed by atoms with E-state index in [0.29, 0.717) is 0 Å². The van der Waals surface area contributed by atoms with Gasteiger partial charge in [0, 0.05) is 35.6 Å². The van der Waals surface area contributed by atoms with Crippen LogP contribution in [0.15, 0.2) is 48.5 Å². The molecule has 27 heavy (non-hydrogen) atoms. The molecule has 0 N–H and O–H groups in total. The molecule has 5 heteroatoms. The van der Waals surface area contributed by atoms with Gasteiger partial charge in [-0.2, -0.15) is 5.10 Å². The first-order valence-corrected chi connectivity index (χ1v) is 9.70. The highest BCUT2D eigenvalue weighted by Gasteiger charge is 2.31. The zero-order valence-corrected chi connectivity index (χ0v) is 16.4. The van der Waals surface area contributed by atoms with Gasteiger partial charge in [0.1, 0.15) is 11.4 Å². The van der Waals surface area contributed by atoms with Crippen LogP contribution in [-0.4, -0.2) is 29.6 Å². The number of para-hydroxylation sites is 2. The summed E-state index contributed by atoms with van der Waals surface area (Å²) >= 11 is 6.11. The van der Waals surface area contributed by atoms with Crippen LogP contribution in [0.25, 0.3) is 16.9 Å². The number of ether oxygens (including phenoxy) is 2. The van der Waals surface area contributed by atoms with Crippen molar-refractivity contribution in [2.24, 2.45) is 0 Å². The molecular formula is C22H23ClN2O2. The van der Waals surface area contributed by atoms with E-state index in [1.54, 1.807) is 7.11 Å². The minimum atomic E-state index is 0.209. The number of hydrogen-bond acceptors (Lipinski definition) is 3. The topological polar surface area (TPSA) is 36.3 Å². The van der Waals surface area contributed by atoms with Crippen molar-refractivity contribution in [2.75, 3.05) is 13.7 Å². The summed E-state index contributed by atoms with van der Waals surface area (Å²) < 4.78 is 13.6. The first-order chi connectivity index (χ1) is 13.2. The monoisotopic (exact) mass is 382 g/mol. The molecule has 0 amide bonds. The first-order valence-electron chi connectivity index (χ1n) is 9.33. The molecule has 0 bridgehead atoms. The Balaban J connectivity index is 1.82. The third-order valence-corrected chi connectivity index (χ3v) is 5.16. The van der Waals surface area contributed by atoms with E-state index >= 15 is 0 Å². The van der Waals surface area contributed by atoms with Crippen molar-refractivity contribution in [2.45, 2.75) is 32.3 Å². The fourth-order valence-electron chi connectivity index (χ4n) is 3.68. The molecular weight excluding hydrogens is 360 g/mol. The van der Waals surface area contributed by atoms with Crippen LogP contribution in [-0.2, 0) is 17.6 Å². The Morgan fingerprint density at radius 3 is 2.63 bits per heavy atom. The summed E-state index contributed by atoms with van der Waals surface area (Å²) in [5, 5.41) is 5.68. The van der Waals surface area contributed by atoms with Gasteiger partial charge in [-0.05, 0) is 30.7 Å². The Hall–Kier alpha value is -2.30. The van der Waals surface area contributed by atoms with E-state index in [1.165, 1.54) is 5.56 Å². The molecule has 1 aliphatic rings. The van der Waals surface area contributed by atoms with Crippen molar-refractivity contribution < 1.29 is 9.47 Å². The zero-order chi connectivity index (χ0) is 18.8. The number of aromatic nitrogens is 2. The summed E-state index contributed by atoms with van der Waals surface area (Å²) in [6.45, 7) is 2.92. The number of benzene rings is 2. The Bertz CT molecular complexity index is 934. The third-order valence-electron chi connectivity index (χ3n) is 4.91. The van der Waals surface area contributed by atoms with E-state index in [4.69, 9.17) is 26.2 Å². The lowest BCUT2D eigenvalue weighted by atomic mass is 10.1. The standard InChI is InChI=1S/C22H23ClN2O2/c1-3-12-27-17-13-18-19(14-17)24-25(20-6-4-5-7-21(20)26-2)22(18)15-8-10-16(23)11-9-15/h4-11,17H,3,12-14H2,1-2H3/t17-/m0/s1. The number of halogens is 1. The third kappa shape index (κ3) is 3.47. The molecule has 1 aliphatic carbocycles. The summed E-state index contributed by atoms with van der Waals surface area (Å²) in [5.41, 5.74) is 5.48. The summed E-state index contributed by atoms with van der Waals surface area (Å²) in [4.78, 5) is 0. The average molecular weight is 383 g/mol. The summed E-state index contributed by atoms with van der Waals surface area (Å²) in [6, 6.07) is 15.9. The number of rotatable bonds is 6. The van der Waals surface area contributed by atoms with Crippen LogP contribution < -0.4 is 4.74 Å². The minimum absolute atomic E-state index is 0.209. The molecule has 140 valence electrons. The summed E-state index contributed by atoms with van der Waals surface area (Å²) in [7, 11) is 1.69. The van der Waals surface area contributed by atoms with E-state index in [1.807, 2.05) is 53.2 Å². The smallest absolute Gasteiger partial charge is 0.144 e. The molecule has 4 rings (SSSR count). The highest BCUT2D eigenvalue weighted by molar-refractivity contribution is 6.30. The predicted octanol–water partition coefficient (Wildman–Crippen LogP) is 5.10. The van der Waals surface area contributed by atoms with E-state index in [0.717, 1.165) is 59.3 Å². The van der Waals surface area contributed by atoms with Gasteiger partial charge in [0.25, 0.3) is 0 Å². The second-order valence-electron chi connectivity index (χ2n) is 6.77. The fourth-order valence-corrected chi connectivity index (χ4v) is 3.80. The maximum Gasteiger partial charge on any atom is 0.144 e. The Labute approximate surface area is 164 Å². The van der Waals surface area contributed by atoms with Gasteiger partial charge in [-0.25, -0.2) is 4.68 Å². The average Bonchev–Trinajstić information content (AvgIpc) is 3.24. The predicted molar refractivity (Wildman–Crippen MR) is 108 cm³/mol. The summed E-state index contributed by atoms with van der Waals surface area (Å²) in [6.07, 6.45) is 2.96. The molecule has 0 unspecified atom stereocenters. The number of hydrogen-bond donors (Lipinski definition) is 0. The first kappa shape index (κ1) is 18.1. The van der Waals surface area contributed by atoms with Crippen LogP contribution in [0.2, 0.25) is 5.02 Å². The van der Waals surface area contributed by atoms with Gasteiger partial charge in [-0.1, -0.05) is 42.8 Å². The summed E-state index contributed by atoms with van der Waals surface area (Å²) in [5.74, 6) is 0.799. The Kier molecular flexibility index (Phi) is 5.19. The lowest BCUT2D eigenvalue weighted by Crippen LogP contribution is -2.15. The maximum absolute atomic E-state index is 6.11. The quantitative estimate of drug-likeness (QED) is 0.595. The molecule has 0 saturated heterocycles. The van der Waals surface area contributed by atoms with Gasteiger partial charge in [0.05, 0.1) is 24.6 Å². The van der Waals surface area contributed by atoms with E-state index in [9.17, 15) is 0 Å². The highest BCUT2D eigenvalue weighted by Crippen LogP contribution is 2.37. The molecule has 0 radical (unpaired) electrons. The molecule has 1 heterocycles. The van der Waals surface area contributed by atoms with Crippen LogP contribution in [0.5, 0.6) is 5.75 Å². The molecule has 0 aliphatic heterocycles. The van der Waals surface area contributed by atoms with E-state index in [-0.39, 0.29) is 6.10 Å². The molecule has 1 atom stereocenters. The molecule has 0 saturated carbocycles. The zero-order valence-electron chi connectivity index (χ0n) is 15.6. The molecule has 1 aromatic heterocycles. The fraction of sp³-hybridized carbons (Fsp3) is 0.318. The van der Waals surface area contributed by atoms with Gasteiger partial charge in [0.15, 0.2) is 0 Å². The lowest BCUT2D eigenvalue weighted by molar-refractivity contribution is 0.0606. The Morgan fingerprint density at radius 1 is 1.11 bits per heavy atom. The van der Waals surface area contributed by atoms with E-state index in [2.05, 4.69) is 6.92 Å². The van der Waals surface area contributed by atoms with Gasteiger partial charge in [0.2, 0.25) is 0 Å². The Morgan fingerprint density at radius 2 is 1.89 bits per heavy atom. The van der Waals surface area contributed by atoms with Crippen molar-refractivity contribution in [3.63, 3.8) is 0 Å². The largest absolute Gasteiger partial charge is 0.494 e. The highest BCUT2D eigenvalue weighted by atomic mass is 35.5. The van der Waals surface area contributed by atoms with Gasteiger partial charge >= 0.3 is 0 Å². The molecule has 2 aromatic carbocycles. The van der Waals surface area contributed by atoms with Crippen molar-refractivity contribution in [1.29, 1.82) is 0 Å². The van der Waals surface area contributed by atoms with Gasteiger partial charge in [-0.3, -0.25) is 0 Å². The van der Waals surface area contributed by atoms with Crippen LogP contribution in [0.3, 0.4) is 0 Å². The van der Waals surface area contributed by atoms with Crippen LogP contribution in [0.4, 0.5) is 0 Å². The number of fused-ring (bicyclic) bond motifs is 1. The van der Waals surface area contributed by atoms with Crippen molar-refractivity contribution in [3.8, 4) is 22.7 Å². The van der Waals surface area contributed by atoms with E-state index < -0.39 is 0 Å². The molecule has 0 spiro atoms. The molecule has 0 fully saturated rings. The second-order valence-corrected chi connectivity index (χ2v) is 7.20.